The quantitative estimate of drug-likeness (QED) is 0.171. The van der Waals surface area contributed by atoms with Gasteiger partial charge in [-0.3, -0.25) is 0 Å². The lowest BCUT2D eigenvalue weighted by Crippen LogP contribution is -2.41. The highest BCUT2D eigenvalue weighted by atomic mass is 35.5. The van der Waals surface area contributed by atoms with Crippen LogP contribution in [0.2, 0.25) is 10.0 Å². The van der Waals surface area contributed by atoms with Crippen molar-refractivity contribution in [3.63, 3.8) is 0 Å². The van der Waals surface area contributed by atoms with Crippen LogP contribution in [0.4, 0.5) is 24.5 Å². The van der Waals surface area contributed by atoms with Gasteiger partial charge in [-0.25, -0.2) is 8.61 Å². The Kier molecular flexibility index (Phi) is 11.8. The van der Waals surface area contributed by atoms with E-state index in [-0.39, 0.29) is 12.3 Å². The maximum atomic E-state index is 12.3. The second kappa shape index (κ2) is 13.9. The fourth-order valence-electron chi connectivity index (χ4n) is 4.35. The first-order valence-corrected chi connectivity index (χ1v) is 19.7. The molecular weight excluding hydrogens is 661 g/mol. The normalized spacial score (nSPS) is 21.2. The topological polar surface area (TPSA) is 30.5 Å². The summed E-state index contributed by atoms with van der Waals surface area (Å²) in [6.45, 7) is 7.68. The Bertz CT molecular complexity index is 1530. The number of hydrogen-bond donors (Lipinski definition) is 2. The number of thioether (sulfide) groups is 2. The Morgan fingerprint density at radius 2 is 1.24 bits per heavy atom. The average Bonchev–Trinajstić information content (AvgIpc) is 2.88. The summed E-state index contributed by atoms with van der Waals surface area (Å²) < 4.78 is 41.1. The fourth-order valence-corrected chi connectivity index (χ4v) is 10.3. The van der Waals surface area contributed by atoms with Crippen LogP contribution in [0.25, 0.3) is 0 Å². The summed E-state index contributed by atoms with van der Waals surface area (Å²) >= 11 is 15.1. The first kappa shape index (κ1) is 35.4. The van der Waals surface area contributed by atoms with Crippen LogP contribution in [0.3, 0.4) is 0 Å². The molecule has 0 aliphatic carbocycles. The molecule has 2 N–H and O–H groups in total. The highest BCUT2D eigenvalue weighted by Crippen LogP contribution is 2.48. The standard InChI is InChI=1S/C15H21ClN2S2.C14H18ClF3N2S2/c1-6-7-19-10-15-17-13-9-12(16)11(2)8-14(13)20(4,5)18(15)3;1-9-5-12-11(6-10(9)15)19-13(20(2)22(12,3)4)7-21-8-14(16,17)18/h6,8-9,15,17H,1,4-5,7,10H2,2-3H3;5-6,13,19H,3-4,7-8H2,1-2H3. The van der Waals surface area contributed by atoms with Gasteiger partial charge in [0, 0.05) is 37.1 Å². The van der Waals surface area contributed by atoms with Gasteiger partial charge < -0.3 is 10.6 Å². The number of benzene rings is 2. The smallest absolute Gasteiger partial charge is 0.367 e. The van der Waals surface area contributed by atoms with Gasteiger partial charge in [0.05, 0.1) is 29.5 Å². The van der Waals surface area contributed by atoms with E-state index in [1.165, 1.54) is 4.90 Å². The molecule has 2 aliphatic rings. The van der Waals surface area contributed by atoms with Crippen LogP contribution in [0.1, 0.15) is 11.1 Å². The zero-order valence-electron chi connectivity index (χ0n) is 24.3. The minimum Gasteiger partial charge on any atom is -0.367 e. The Hall–Kier alpha value is -1.05. The fraction of sp³-hybridized carbons (Fsp3) is 0.379. The molecular formula is C29H39Cl2F3N4S4. The molecule has 0 aromatic heterocycles. The van der Waals surface area contributed by atoms with E-state index in [1.807, 2.05) is 55.2 Å². The number of anilines is 2. The molecule has 0 fully saturated rings. The summed E-state index contributed by atoms with van der Waals surface area (Å²) in [4.78, 5) is 2.14. The molecule has 2 atom stereocenters. The van der Waals surface area contributed by atoms with Gasteiger partial charge in [0.25, 0.3) is 0 Å². The number of aryl methyl sites for hydroxylation is 2. The van der Waals surface area contributed by atoms with Crippen molar-refractivity contribution in [2.45, 2.75) is 42.1 Å². The van der Waals surface area contributed by atoms with Gasteiger partial charge in [-0.15, -0.1) is 37.1 Å². The van der Waals surface area contributed by atoms with Crippen LogP contribution >= 0.6 is 65.5 Å². The second-order valence-electron chi connectivity index (χ2n) is 10.2. The molecule has 2 aromatic rings. The minimum absolute atomic E-state index is 0.219. The van der Waals surface area contributed by atoms with Crippen LogP contribution in [-0.4, -0.2) is 87.7 Å². The molecule has 0 radical (unpaired) electrons. The number of alkyl halides is 3. The van der Waals surface area contributed by atoms with Crippen molar-refractivity contribution in [1.29, 1.82) is 0 Å². The van der Waals surface area contributed by atoms with E-state index in [2.05, 4.69) is 58.1 Å². The maximum absolute atomic E-state index is 12.3. The van der Waals surface area contributed by atoms with Crippen molar-refractivity contribution in [3.05, 3.63) is 58.1 Å². The predicted molar refractivity (Wildman–Crippen MR) is 194 cm³/mol. The number of hydrogen-bond acceptors (Lipinski definition) is 6. The molecule has 234 valence electrons. The van der Waals surface area contributed by atoms with E-state index in [1.54, 1.807) is 6.07 Å². The lowest BCUT2D eigenvalue weighted by Gasteiger charge is -2.41. The minimum atomic E-state index is -4.16. The molecule has 2 aromatic carbocycles. The van der Waals surface area contributed by atoms with Gasteiger partial charge in [0.2, 0.25) is 0 Å². The molecule has 0 bridgehead atoms. The van der Waals surface area contributed by atoms with Crippen LogP contribution in [-0.2, 0) is 0 Å². The summed E-state index contributed by atoms with van der Waals surface area (Å²) in [6.07, 6.45) is -2.27. The second-order valence-corrected chi connectivity index (χ2v) is 18.6. The van der Waals surface area contributed by atoms with Gasteiger partial charge in [-0.05, 0) is 63.3 Å². The molecule has 2 aliphatic heterocycles. The van der Waals surface area contributed by atoms with Crippen molar-refractivity contribution in [2.75, 3.05) is 47.7 Å². The van der Waals surface area contributed by atoms with Crippen molar-refractivity contribution >= 4 is 100 Å². The Morgan fingerprint density at radius 1 is 0.833 bits per heavy atom. The van der Waals surface area contributed by atoms with Crippen molar-refractivity contribution in [3.8, 4) is 0 Å². The Morgan fingerprint density at radius 3 is 1.62 bits per heavy atom. The van der Waals surface area contributed by atoms with E-state index in [4.69, 9.17) is 23.2 Å². The zero-order valence-corrected chi connectivity index (χ0v) is 29.1. The third-order valence-electron chi connectivity index (χ3n) is 7.02. The van der Waals surface area contributed by atoms with Crippen LogP contribution < -0.4 is 10.6 Å². The lowest BCUT2D eigenvalue weighted by molar-refractivity contribution is -0.105. The van der Waals surface area contributed by atoms with Crippen molar-refractivity contribution in [1.82, 2.24) is 8.61 Å². The SMILES string of the molecule is C=CCSCC1Nc2cc(Cl)c(C)cc2S(=C)(=C)N1C.C=S1(=C)c2cc(C)c(Cl)cc2NC(CSCC(F)(F)F)N1C. The van der Waals surface area contributed by atoms with Gasteiger partial charge >= 0.3 is 6.18 Å². The van der Waals surface area contributed by atoms with E-state index in [0.29, 0.717) is 10.8 Å². The largest absolute Gasteiger partial charge is 0.397 e. The Balaban J connectivity index is 0.000000231. The molecule has 0 amide bonds. The van der Waals surface area contributed by atoms with Gasteiger partial charge in [-0.2, -0.15) is 24.9 Å². The van der Waals surface area contributed by atoms with E-state index >= 15 is 0 Å². The van der Waals surface area contributed by atoms with Gasteiger partial charge in [0.1, 0.15) is 0 Å². The number of rotatable bonds is 7. The van der Waals surface area contributed by atoms with Crippen molar-refractivity contribution < 1.29 is 13.2 Å². The van der Waals surface area contributed by atoms with E-state index in [9.17, 15) is 13.2 Å². The molecule has 4 nitrogen and oxygen atoms in total. The van der Waals surface area contributed by atoms with E-state index < -0.39 is 30.7 Å². The summed E-state index contributed by atoms with van der Waals surface area (Å²) in [6, 6.07) is 7.88. The summed E-state index contributed by atoms with van der Waals surface area (Å²) in [7, 11) is 0.702. The zero-order chi connectivity index (χ0) is 31.6. The van der Waals surface area contributed by atoms with Crippen LogP contribution in [0.5, 0.6) is 0 Å². The molecule has 2 heterocycles. The third-order valence-corrected chi connectivity index (χ3v) is 15.0. The maximum Gasteiger partial charge on any atom is 0.397 e. The summed E-state index contributed by atoms with van der Waals surface area (Å²) in [5.74, 6) is 18.5. The Labute approximate surface area is 268 Å². The number of halogens is 5. The average molecular weight is 700 g/mol. The van der Waals surface area contributed by atoms with Gasteiger partial charge in [0.15, 0.2) is 0 Å². The summed E-state index contributed by atoms with van der Waals surface area (Å²) in [5.41, 5.74) is 3.89. The number of nitrogens with one attached hydrogen (secondary N) is 2. The third kappa shape index (κ3) is 8.15. The molecule has 42 heavy (non-hydrogen) atoms. The molecule has 0 saturated heterocycles. The highest BCUT2D eigenvalue weighted by Gasteiger charge is 2.31. The molecule has 13 heteroatoms. The van der Waals surface area contributed by atoms with Crippen molar-refractivity contribution in [2.24, 2.45) is 0 Å². The first-order valence-electron chi connectivity index (χ1n) is 12.8. The predicted octanol–water partition coefficient (Wildman–Crippen LogP) is 8.76. The molecule has 2 unspecified atom stereocenters. The monoisotopic (exact) mass is 698 g/mol. The number of fused-ring (bicyclic) bond motifs is 2. The molecule has 4 rings (SSSR count). The highest BCUT2D eigenvalue weighted by molar-refractivity contribution is 8.26. The van der Waals surface area contributed by atoms with E-state index in [0.717, 1.165) is 55.7 Å². The molecule has 0 spiro atoms. The number of nitrogens with zero attached hydrogens (tertiary/aromatic N) is 2. The lowest BCUT2D eigenvalue weighted by atomic mass is 10.2. The first-order chi connectivity index (χ1) is 19.4. The van der Waals surface area contributed by atoms with Crippen LogP contribution in [0, 0.1) is 13.8 Å². The van der Waals surface area contributed by atoms with Gasteiger partial charge in [-0.1, -0.05) is 52.8 Å². The molecule has 0 saturated carbocycles. The summed E-state index contributed by atoms with van der Waals surface area (Å²) in [5, 5.41) is 8.21. The van der Waals surface area contributed by atoms with Crippen LogP contribution in [0.15, 0.2) is 46.7 Å².